The lowest BCUT2D eigenvalue weighted by Crippen LogP contribution is -2.16. The van der Waals surface area contributed by atoms with Gasteiger partial charge in [0.05, 0.1) is 6.10 Å². The Balaban J connectivity index is 1.56. The van der Waals surface area contributed by atoms with Gasteiger partial charge in [0.15, 0.2) is 5.58 Å². The van der Waals surface area contributed by atoms with Gasteiger partial charge in [0.2, 0.25) is 5.89 Å². The van der Waals surface area contributed by atoms with Crippen LogP contribution in [0.5, 0.6) is 0 Å². The molecule has 0 saturated carbocycles. The summed E-state index contributed by atoms with van der Waals surface area (Å²) in [5, 5.41) is 0. The molecule has 0 radical (unpaired) electrons. The summed E-state index contributed by atoms with van der Waals surface area (Å²) in [7, 11) is 0. The fraction of sp³-hybridized carbons (Fsp3) is 0.333. The highest BCUT2D eigenvalue weighted by Crippen LogP contribution is 2.15. The molecule has 1 unspecified atom stereocenters. The van der Waals surface area contributed by atoms with Gasteiger partial charge in [-0.2, -0.15) is 0 Å². The number of ether oxygens (including phenoxy) is 2. The molecular weight excluding hydrogens is 258 g/mol. The first-order valence-electron chi connectivity index (χ1n) is 6.63. The van der Waals surface area contributed by atoms with Crippen molar-refractivity contribution in [2.24, 2.45) is 0 Å². The van der Waals surface area contributed by atoms with E-state index in [1.807, 2.05) is 24.3 Å². The van der Waals surface area contributed by atoms with Crippen LogP contribution in [0.1, 0.15) is 18.7 Å². The Morgan fingerprint density at radius 3 is 3.15 bits per heavy atom. The van der Waals surface area contributed by atoms with E-state index >= 15 is 0 Å². The fourth-order valence-electron chi connectivity index (χ4n) is 2.10. The van der Waals surface area contributed by atoms with Gasteiger partial charge in [-0.25, -0.2) is 9.78 Å². The normalized spacial score (nSPS) is 18.9. The summed E-state index contributed by atoms with van der Waals surface area (Å²) in [6, 6.07) is 7.44. The van der Waals surface area contributed by atoms with Gasteiger partial charge < -0.3 is 13.9 Å². The number of rotatable bonds is 4. The molecule has 0 aliphatic carbocycles. The molecule has 1 saturated heterocycles. The van der Waals surface area contributed by atoms with Crippen molar-refractivity contribution in [2.45, 2.75) is 18.9 Å². The van der Waals surface area contributed by atoms with Crippen LogP contribution in [0.4, 0.5) is 0 Å². The number of benzene rings is 1. The third-order valence-electron chi connectivity index (χ3n) is 3.11. The standard InChI is InChI=1S/C15H15NO4/c17-15(19-10-11-4-3-9-18-11)8-7-14-16-12-5-1-2-6-13(12)20-14/h1-2,5-8,11H,3-4,9-10H2/b8-7+. The van der Waals surface area contributed by atoms with Gasteiger partial charge in [-0.3, -0.25) is 0 Å². The van der Waals surface area contributed by atoms with Crippen molar-refractivity contribution >= 4 is 23.1 Å². The first kappa shape index (κ1) is 12.9. The van der Waals surface area contributed by atoms with Crippen LogP contribution in [-0.2, 0) is 14.3 Å². The van der Waals surface area contributed by atoms with Crippen molar-refractivity contribution in [3.05, 3.63) is 36.2 Å². The van der Waals surface area contributed by atoms with E-state index in [2.05, 4.69) is 4.98 Å². The van der Waals surface area contributed by atoms with E-state index in [-0.39, 0.29) is 6.10 Å². The summed E-state index contributed by atoms with van der Waals surface area (Å²) in [4.78, 5) is 15.8. The maximum absolute atomic E-state index is 11.6. The smallest absolute Gasteiger partial charge is 0.331 e. The monoisotopic (exact) mass is 273 g/mol. The topological polar surface area (TPSA) is 61.6 Å². The minimum absolute atomic E-state index is 0.0386. The first-order chi connectivity index (χ1) is 9.81. The second kappa shape index (κ2) is 5.88. The van der Waals surface area contributed by atoms with Crippen LogP contribution in [-0.4, -0.2) is 30.3 Å². The zero-order valence-electron chi connectivity index (χ0n) is 11.0. The average molecular weight is 273 g/mol. The Hall–Kier alpha value is -2.14. The minimum atomic E-state index is -0.414. The number of aromatic nitrogens is 1. The van der Waals surface area contributed by atoms with Crippen LogP contribution < -0.4 is 0 Å². The number of hydrogen-bond donors (Lipinski definition) is 0. The van der Waals surface area contributed by atoms with Crippen LogP contribution in [0.25, 0.3) is 17.2 Å². The van der Waals surface area contributed by atoms with Crippen LogP contribution in [0.15, 0.2) is 34.8 Å². The predicted molar refractivity (Wildman–Crippen MR) is 73.0 cm³/mol. The van der Waals surface area contributed by atoms with Gasteiger partial charge in [0, 0.05) is 18.8 Å². The highest BCUT2D eigenvalue weighted by Gasteiger charge is 2.16. The summed E-state index contributed by atoms with van der Waals surface area (Å²) >= 11 is 0. The number of oxazole rings is 1. The molecule has 1 fully saturated rings. The van der Waals surface area contributed by atoms with Crippen LogP contribution in [0.2, 0.25) is 0 Å². The highest BCUT2D eigenvalue weighted by atomic mass is 16.6. The molecule has 0 N–H and O–H groups in total. The van der Waals surface area contributed by atoms with Gasteiger partial charge in [-0.15, -0.1) is 0 Å². The molecule has 2 heterocycles. The molecule has 20 heavy (non-hydrogen) atoms. The summed E-state index contributed by atoms with van der Waals surface area (Å²) < 4.78 is 15.9. The molecule has 104 valence electrons. The van der Waals surface area contributed by atoms with Crippen molar-refractivity contribution < 1.29 is 18.7 Å². The molecule has 1 aromatic carbocycles. The van der Waals surface area contributed by atoms with E-state index in [4.69, 9.17) is 13.9 Å². The second-order valence-electron chi connectivity index (χ2n) is 4.62. The predicted octanol–water partition coefficient (Wildman–Crippen LogP) is 2.56. The SMILES string of the molecule is O=C(/C=C/c1nc2ccccc2o1)OCC1CCCO1. The number of fused-ring (bicyclic) bond motifs is 1. The largest absolute Gasteiger partial charge is 0.460 e. The van der Waals surface area contributed by atoms with Crippen molar-refractivity contribution in [2.75, 3.05) is 13.2 Å². The van der Waals surface area contributed by atoms with Crippen LogP contribution in [0, 0.1) is 0 Å². The van der Waals surface area contributed by atoms with Crippen molar-refractivity contribution in [1.82, 2.24) is 4.98 Å². The van der Waals surface area contributed by atoms with Crippen molar-refractivity contribution in [3.8, 4) is 0 Å². The number of carbonyl (C=O) groups excluding carboxylic acids is 1. The summed E-state index contributed by atoms with van der Waals surface area (Å²) in [6.45, 7) is 1.05. The maximum atomic E-state index is 11.6. The summed E-state index contributed by atoms with van der Waals surface area (Å²) in [5.74, 6) is -0.0250. The fourth-order valence-corrected chi connectivity index (χ4v) is 2.10. The lowest BCUT2D eigenvalue weighted by atomic mass is 10.2. The van der Waals surface area contributed by atoms with E-state index in [9.17, 15) is 4.79 Å². The lowest BCUT2D eigenvalue weighted by molar-refractivity contribution is -0.140. The van der Waals surface area contributed by atoms with Crippen molar-refractivity contribution in [3.63, 3.8) is 0 Å². The molecule has 1 aromatic heterocycles. The third-order valence-corrected chi connectivity index (χ3v) is 3.11. The van der Waals surface area contributed by atoms with E-state index in [0.29, 0.717) is 18.1 Å². The molecule has 5 nitrogen and oxygen atoms in total. The van der Waals surface area contributed by atoms with Gasteiger partial charge in [-0.1, -0.05) is 12.1 Å². The summed E-state index contributed by atoms with van der Waals surface area (Å²) in [6.07, 6.45) is 4.84. The number of para-hydroxylation sites is 2. The molecule has 0 amide bonds. The molecule has 0 bridgehead atoms. The van der Waals surface area contributed by atoms with E-state index < -0.39 is 5.97 Å². The molecule has 1 aliphatic heterocycles. The zero-order chi connectivity index (χ0) is 13.8. The molecule has 5 heteroatoms. The molecule has 0 spiro atoms. The summed E-state index contributed by atoms with van der Waals surface area (Å²) in [5.41, 5.74) is 1.46. The van der Waals surface area contributed by atoms with Gasteiger partial charge >= 0.3 is 5.97 Å². The van der Waals surface area contributed by atoms with Gasteiger partial charge in [0.25, 0.3) is 0 Å². The Morgan fingerprint density at radius 2 is 2.35 bits per heavy atom. The van der Waals surface area contributed by atoms with Gasteiger partial charge in [0.1, 0.15) is 12.1 Å². The Labute approximate surface area is 116 Å². The minimum Gasteiger partial charge on any atom is -0.460 e. The maximum Gasteiger partial charge on any atom is 0.331 e. The van der Waals surface area contributed by atoms with E-state index in [0.717, 1.165) is 25.0 Å². The highest BCUT2D eigenvalue weighted by molar-refractivity contribution is 5.86. The van der Waals surface area contributed by atoms with Crippen molar-refractivity contribution in [1.29, 1.82) is 0 Å². The quantitative estimate of drug-likeness (QED) is 0.633. The molecule has 1 aliphatic rings. The zero-order valence-corrected chi connectivity index (χ0v) is 11.0. The third kappa shape index (κ3) is 3.05. The van der Waals surface area contributed by atoms with E-state index in [1.54, 1.807) is 0 Å². The number of carbonyl (C=O) groups is 1. The van der Waals surface area contributed by atoms with Crippen LogP contribution in [0.3, 0.4) is 0 Å². The molecule has 2 aromatic rings. The Morgan fingerprint density at radius 1 is 1.45 bits per heavy atom. The van der Waals surface area contributed by atoms with E-state index in [1.165, 1.54) is 12.2 Å². The van der Waals surface area contributed by atoms with Crippen LogP contribution >= 0.6 is 0 Å². The second-order valence-corrected chi connectivity index (χ2v) is 4.62. The molecule has 3 rings (SSSR count). The Bertz CT molecular complexity index is 593. The Kier molecular flexibility index (Phi) is 3.78. The first-order valence-corrected chi connectivity index (χ1v) is 6.63. The molecular formula is C15H15NO4. The lowest BCUT2D eigenvalue weighted by Gasteiger charge is -2.07. The molecule has 1 atom stereocenters. The number of nitrogens with zero attached hydrogens (tertiary/aromatic N) is 1. The number of esters is 1. The number of hydrogen-bond acceptors (Lipinski definition) is 5. The van der Waals surface area contributed by atoms with Gasteiger partial charge in [-0.05, 0) is 25.0 Å². The average Bonchev–Trinajstić information content (AvgIpc) is 3.11.